The SMILES string of the molecule is O=C(Nc1c(Cl)cc(C(F)(C(F)(F)F)C(F)(F)F)cc1Cl)c1ccc(I)c(Cl)c1. The van der Waals surface area contributed by atoms with Gasteiger partial charge in [-0.25, -0.2) is 4.39 Å². The van der Waals surface area contributed by atoms with E-state index in [4.69, 9.17) is 34.8 Å². The van der Waals surface area contributed by atoms with E-state index in [-0.39, 0.29) is 22.7 Å². The molecule has 0 aromatic heterocycles. The van der Waals surface area contributed by atoms with E-state index in [1.807, 2.05) is 22.6 Å². The van der Waals surface area contributed by atoms with Gasteiger partial charge in [-0.2, -0.15) is 26.3 Å². The zero-order chi connectivity index (χ0) is 22.4. The van der Waals surface area contributed by atoms with Crippen LogP contribution in [0, 0.1) is 3.57 Å². The van der Waals surface area contributed by atoms with Crippen LogP contribution in [0.15, 0.2) is 30.3 Å². The fourth-order valence-corrected chi connectivity index (χ4v) is 3.30. The van der Waals surface area contributed by atoms with Gasteiger partial charge in [0.2, 0.25) is 0 Å². The molecule has 1 N–H and O–H groups in total. The number of halogens is 11. The Bertz CT molecular complexity index is 926. The highest BCUT2D eigenvalue weighted by molar-refractivity contribution is 14.1. The molecule has 29 heavy (non-hydrogen) atoms. The van der Waals surface area contributed by atoms with Crippen molar-refractivity contribution in [1.82, 2.24) is 0 Å². The van der Waals surface area contributed by atoms with E-state index in [1.54, 1.807) is 0 Å². The molecule has 0 aliphatic rings. The Hall–Kier alpha value is -0.980. The number of carbonyl (C=O) groups excluding carboxylic acids is 1. The van der Waals surface area contributed by atoms with Gasteiger partial charge >= 0.3 is 18.0 Å². The Kier molecular flexibility index (Phi) is 6.93. The molecule has 0 unspecified atom stereocenters. The van der Waals surface area contributed by atoms with E-state index in [2.05, 4.69) is 5.32 Å². The zero-order valence-corrected chi connectivity index (χ0v) is 17.9. The summed E-state index contributed by atoms with van der Waals surface area (Å²) in [5, 5.41) is 0.722. The van der Waals surface area contributed by atoms with Crippen molar-refractivity contribution in [3.63, 3.8) is 0 Å². The normalized spacial score (nSPS) is 12.8. The maximum absolute atomic E-state index is 14.2. The van der Waals surface area contributed by atoms with Crippen molar-refractivity contribution < 1.29 is 35.5 Å². The molecule has 0 atom stereocenters. The van der Waals surface area contributed by atoms with Crippen molar-refractivity contribution >= 4 is 69.0 Å². The van der Waals surface area contributed by atoms with Gasteiger partial charge in [0.05, 0.1) is 20.8 Å². The third kappa shape index (κ3) is 4.70. The van der Waals surface area contributed by atoms with Crippen molar-refractivity contribution in [2.75, 3.05) is 5.32 Å². The van der Waals surface area contributed by atoms with Gasteiger partial charge in [0.1, 0.15) is 0 Å². The van der Waals surface area contributed by atoms with Gasteiger partial charge in [-0.15, -0.1) is 0 Å². The Morgan fingerprint density at radius 3 is 1.72 bits per heavy atom. The van der Waals surface area contributed by atoms with Crippen LogP contribution >= 0.6 is 57.4 Å². The summed E-state index contributed by atoms with van der Waals surface area (Å²) in [6, 6.07) is 4.33. The summed E-state index contributed by atoms with van der Waals surface area (Å²) in [6.45, 7) is 0. The number of alkyl halides is 7. The number of benzene rings is 2. The largest absolute Gasteiger partial charge is 0.435 e. The molecule has 0 aliphatic carbocycles. The van der Waals surface area contributed by atoms with Crippen LogP contribution in [0.5, 0.6) is 0 Å². The van der Waals surface area contributed by atoms with E-state index in [0.29, 0.717) is 3.57 Å². The molecular weight excluding hydrogens is 588 g/mol. The van der Waals surface area contributed by atoms with Crippen LogP contribution in [-0.2, 0) is 5.67 Å². The van der Waals surface area contributed by atoms with Crippen molar-refractivity contribution in [3.05, 3.63) is 60.1 Å². The summed E-state index contributed by atoms with van der Waals surface area (Å²) in [5.41, 5.74) is -8.07. The quantitative estimate of drug-likeness (QED) is 0.285. The van der Waals surface area contributed by atoms with Crippen molar-refractivity contribution in [2.45, 2.75) is 18.0 Å². The predicted molar refractivity (Wildman–Crippen MR) is 103 cm³/mol. The second-order valence-corrected chi connectivity index (χ2v) is 7.94. The lowest BCUT2D eigenvalue weighted by Gasteiger charge is -2.30. The first-order chi connectivity index (χ1) is 13.1. The fraction of sp³-hybridized carbons (Fsp3) is 0.188. The molecule has 0 aliphatic heterocycles. The van der Waals surface area contributed by atoms with Crippen molar-refractivity contribution in [3.8, 4) is 0 Å². The minimum Gasteiger partial charge on any atom is -0.319 e. The molecule has 158 valence electrons. The number of amides is 1. The maximum atomic E-state index is 14.2. The highest BCUT2D eigenvalue weighted by atomic mass is 127. The molecule has 0 heterocycles. The average Bonchev–Trinajstić information content (AvgIpc) is 2.57. The van der Waals surface area contributed by atoms with Gasteiger partial charge < -0.3 is 5.32 Å². The standard InChI is InChI=1S/C16H6Cl3F7INO/c17-8-3-6(1-2-11(8)27)13(29)28-12-9(18)4-7(5-10(12)19)14(20,15(21,22)23)16(24,25)26/h1-5H,(H,28,29). The van der Waals surface area contributed by atoms with E-state index in [1.165, 1.54) is 18.2 Å². The number of nitrogens with one attached hydrogen (secondary N) is 1. The summed E-state index contributed by atoms with van der Waals surface area (Å²) in [6.07, 6.45) is -12.7. The molecule has 2 aromatic rings. The zero-order valence-electron chi connectivity index (χ0n) is 13.5. The predicted octanol–water partition coefficient (Wildman–Crippen LogP) is 7.79. The molecule has 0 saturated carbocycles. The maximum Gasteiger partial charge on any atom is 0.435 e. The molecule has 0 fully saturated rings. The van der Waals surface area contributed by atoms with Crippen LogP contribution in [0.3, 0.4) is 0 Å². The molecule has 0 radical (unpaired) electrons. The van der Waals surface area contributed by atoms with E-state index >= 15 is 0 Å². The molecule has 0 spiro atoms. The third-order valence-electron chi connectivity index (χ3n) is 3.64. The van der Waals surface area contributed by atoms with E-state index < -0.39 is 45.2 Å². The van der Waals surface area contributed by atoms with Crippen LogP contribution in [0.2, 0.25) is 15.1 Å². The molecule has 2 nitrogen and oxygen atoms in total. The number of anilines is 1. The molecule has 13 heteroatoms. The Labute approximate surface area is 187 Å². The summed E-state index contributed by atoms with van der Waals surface area (Å²) >= 11 is 19.2. The van der Waals surface area contributed by atoms with Gasteiger partial charge in [-0.3, -0.25) is 4.79 Å². The van der Waals surface area contributed by atoms with Crippen LogP contribution in [-0.4, -0.2) is 18.3 Å². The number of carbonyl (C=O) groups is 1. The van der Waals surface area contributed by atoms with Crippen molar-refractivity contribution in [2.24, 2.45) is 0 Å². The minimum absolute atomic E-state index is 0.0112. The minimum atomic E-state index is -6.33. The third-order valence-corrected chi connectivity index (χ3v) is 5.81. The van der Waals surface area contributed by atoms with Crippen LogP contribution in [0.4, 0.5) is 36.4 Å². The molecular formula is C16H6Cl3F7INO. The molecule has 1 amide bonds. The van der Waals surface area contributed by atoms with E-state index in [0.717, 1.165) is 0 Å². The van der Waals surface area contributed by atoms with Crippen LogP contribution < -0.4 is 5.32 Å². The monoisotopic (exact) mass is 593 g/mol. The Morgan fingerprint density at radius 2 is 1.31 bits per heavy atom. The number of hydrogen-bond acceptors (Lipinski definition) is 1. The highest BCUT2D eigenvalue weighted by Gasteiger charge is 2.73. The fourth-order valence-electron chi connectivity index (χ4n) is 2.20. The van der Waals surface area contributed by atoms with Crippen LogP contribution in [0.25, 0.3) is 0 Å². The highest BCUT2D eigenvalue weighted by Crippen LogP contribution is 2.54. The molecule has 0 bridgehead atoms. The second kappa shape index (κ2) is 8.27. The van der Waals surface area contributed by atoms with Gasteiger partial charge in [0.25, 0.3) is 5.91 Å². The smallest absolute Gasteiger partial charge is 0.319 e. The van der Waals surface area contributed by atoms with Gasteiger partial charge in [0.15, 0.2) is 0 Å². The lowest BCUT2D eigenvalue weighted by Crippen LogP contribution is -2.50. The van der Waals surface area contributed by atoms with Gasteiger partial charge in [-0.05, 0) is 52.9 Å². The Balaban J connectivity index is 2.48. The summed E-state index contributed by atoms with van der Waals surface area (Å²) < 4.78 is 92.1. The Morgan fingerprint density at radius 1 is 0.828 bits per heavy atom. The first kappa shape index (κ1) is 24.3. The number of hydrogen-bond donors (Lipinski definition) is 1. The van der Waals surface area contributed by atoms with Crippen LogP contribution in [0.1, 0.15) is 15.9 Å². The van der Waals surface area contributed by atoms with Crippen molar-refractivity contribution in [1.29, 1.82) is 0 Å². The second-order valence-electron chi connectivity index (χ2n) is 5.55. The molecule has 2 aromatic carbocycles. The summed E-state index contributed by atoms with van der Waals surface area (Å²) in [7, 11) is 0. The summed E-state index contributed by atoms with van der Waals surface area (Å²) in [5.74, 6) is -0.849. The molecule has 2 rings (SSSR count). The number of rotatable bonds is 3. The van der Waals surface area contributed by atoms with Gasteiger partial charge in [0, 0.05) is 14.7 Å². The lowest BCUT2D eigenvalue weighted by molar-refractivity contribution is -0.348. The summed E-state index contributed by atoms with van der Waals surface area (Å²) in [4.78, 5) is 12.3. The average molecular weight is 594 g/mol. The van der Waals surface area contributed by atoms with Gasteiger partial charge in [-0.1, -0.05) is 34.8 Å². The first-order valence-electron chi connectivity index (χ1n) is 7.18. The topological polar surface area (TPSA) is 29.1 Å². The van der Waals surface area contributed by atoms with E-state index in [9.17, 15) is 35.5 Å². The lowest BCUT2D eigenvalue weighted by atomic mass is 9.94. The molecule has 0 saturated heterocycles. The first-order valence-corrected chi connectivity index (χ1v) is 9.39.